The number of carbonyl (C=O) groups is 1. The van der Waals surface area contributed by atoms with E-state index < -0.39 is 6.04 Å². The Bertz CT molecular complexity index is 617. The van der Waals surface area contributed by atoms with Crippen LogP contribution in [-0.4, -0.2) is 23.2 Å². The first-order valence-corrected chi connectivity index (χ1v) is 6.64. The SMILES string of the molecule is CC(C)C[C@@H]([C]=O)NC(=O)c1nccc2ccccc12. The van der Waals surface area contributed by atoms with Gasteiger partial charge in [0, 0.05) is 11.6 Å². The van der Waals surface area contributed by atoms with E-state index in [9.17, 15) is 9.59 Å². The first kappa shape index (κ1) is 14.2. The van der Waals surface area contributed by atoms with Gasteiger partial charge in [-0.1, -0.05) is 38.1 Å². The summed E-state index contributed by atoms with van der Waals surface area (Å²) < 4.78 is 0. The fourth-order valence-electron chi connectivity index (χ4n) is 2.14. The molecule has 2 aromatic rings. The Labute approximate surface area is 118 Å². The van der Waals surface area contributed by atoms with Gasteiger partial charge in [-0.2, -0.15) is 0 Å². The number of pyridine rings is 1. The highest BCUT2D eigenvalue weighted by Gasteiger charge is 2.17. The monoisotopic (exact) mass is 269 g/mol. The molecule has 0 saturated carbocycles. The summed E-state index contributed by atoms with van der Waals surface area (Å²) in [5.74, 6) is -0.0296. The number of hydrogen-bond donors (Lipinski definition) is 1. The van der Waals surface area contributed by atoms with Crippen molar-refractivity contribution in [3.63, 3.8) is 0 Å². The second-order valence-corrected chi connectivity index (χ2v) is 5.15. The summed E-state index contributed by atoms with van der Waals surface area (Å²) in [6.07, 6.45) is 4.04. The van der Waals surface area contributed by atoms with Crippen LogP contribution < -0.4 is 5.32 Å². The van der Waals surface area contributed by atoms with Gasteiger partial charge in [0.25, 0.3) is 5.91 Å². The molecule has 0 bridgehead atoms. The standard InChI is InChI=1S/C16H17N2O2/c1-11(2)9-13(10-19)18-16(20)15-14-6-4-3-5-12(14)7-8-17-15/h3-8,11,13H,9H2,1-2H3,(H,18,20)/t13-/m0/s1. The summed E-state index contributed by atoms with van der Waals surface area (Å²) >= 11 is 0. The van der Waals surface area contributed by atoms with Crippen molar-refractivity contribution in [1.82, 2.24) is 10.3 Å². The number of benzene rings is 1. The number of amides is 1. The summed E-state index contributed by atoms with van der Waals surface area (Å²) in [6.45, 7) is 3.99. The van der Waals surface area contributed by atoms with E-state index in [-0.39, 0.29) is 5.91 Å². The molecule has 103 valence electrons. The van der Waals surface area contributed by atoms with Crippen LogP contribution >= 0.6 is 0 Å². The molecule has 0 aliphatic heterocycles. The molecule has 1 heterocycles. The highest BCUT2D eigenvalue weighted by Crippen LogP contribution is 2.16. The predicted molar refractivity (Wildman–Crippen MR) is 78.1 cm³/mol. The molecule has 0 aliphatic carbocycles. The Balaban J connectivity index is 2.25. The molecule has 1 radical (unpaired) electrons. The third-order valence-corrected chi connectivity index (χ3v) is 3.04. The number of nitrogens with one attached hydrogen (secondary N) is 1. The van der Waals surface area contributed by atoms with Gasteiger partial charge in [0.2, 0.25) is 6.29 Å². The third-order valence-electron chi connectivity index (χ3n) is 3.04. The van der Waals surface area contributed by atoms with Crippen LogP contribution in [-0.2, 0) is 4.79 Å². The van der Waals surface area contributed by atoms with Crippen molar-refractivity contribution >= 4 is 23.0 Å². The van der Waals surface area contributed by atoms with Gasteiger partial charge in [0.15, 0.2) is 0 Å². The molecule has 4 heteroatoms. The molecule has 2 rings (SSSR count). The van der Waals surface area contributed by atoms with E-state index in [1.54, 1.807) is 6.20 Å². The summed E-state index contributed by atoms with van der Waals surface area (Å²) in [7, 11) is 0. The van der Waals surface area contributed by atoms with Gasteiger partial charge in [-0.25, -0.2) is 0 Å². The number of nitrogens with zero attached hydrogens (tertiary/aromatic N) is 1. The van der Waals surface area contributed by atoms with Crippen LogP contribution in [0.5, 0.6) is 0 Å². The predicted octanol–water partition coefficient (Wildman–Crippen LogP) is 2.49. The highest BCUT2D eigenvalue weighted by atomic mass is 16.2. The van der Waals surface area contributed by atoms with Crippen molar-refractivity contribution in [2.24, 2.45) is 5.92 Å². The molecule has 0 aliphatic rings. The Hall–Kier alpha value is -2.23. The van der Waals surface area contributed by atoms with Gasteiger partial charge >= 0.3 is 0 Å². The second-order valence-electron chi connectivity index (χ2n) is 5.15. The van der Waals surface area contributed by atoms with E-state index in [2.05, 4.69) is 10.3 Å². The molecule has 0 fully saturated rings. The van der Waals surface area contributed by atoms with Gasteiger partial charge in [-0.05, 0) is 23.8 Å². The van der Waals surface area contributed by atoms with E-state index in [4.69, 9.17) is 0 Å². The van der Waals surface area contributed by atoms with Crippen LogP contribution in [0, 0.1) is 5.92 Å². The van der Waals surface area contributed by atoms with Crippen molar-refractivity contribution in [3.8, 4) is 0 Å². The first-order valence-electron chi connectivity index (χ1n) is 6.64. The molecule has 1 aromatic heterocycles. The third kappa shape index (κ3) is 3.20. The highest BCUT2D eigenvalue weighted by molar-refractivity contribution is 6.05. The average Bonchev–Trinajstić information content (AvgIpc) is 2.45. The second kappa shape index (κ2) is 6.28. The van der Waals surface area contributed by atoms with Crippen molar-refractivity contribution < 1.29 is 9.59 Å². The fraction of sp³-hybridized carbons (Fsp3) is 0.312. The molecule has 0 spiro atoms. The first-order chi connectivity index (χ1) is 9.61. The molecule has 20 heavy (non-hydrogen) atoms. The van der Waals surface area contributed by atoms with Crippen molar-refractivity contribution in [2.45, 2.75) is 26.3 Å². The van der Waals surface area contributed by atoms with Crippen LogP contribution in [0.3, 0.4) is 0 Å². The van der Waals surface area contributed by atoms with Gasteiger partial charge in [-0.3, -0.25) is 14.6 Å². The van der Waals surface area contributed by atoms with Crippen LogP contribution in [0.2, 0.25) is 0 Å². The smallest absolute Gasteiger partial charge is 0.271 e. The van der Waals surface area contributed by atoms with Crippen LogP contribution in [0.4, 0.5) is 0 Å². The lowest BCUT2D eigenvalue weighted by Gasteiger charge is -2.14. The van der Waals surface area contributed by atoms with Crippen LogP contribution in [0.1, 0.15) is 30.8 Å². The minimum Gasteiger partial charge on any atom is -0.340 e. The summed E-state index contributed by atoms with van der Waals surface area (Å²) in [6, 6.07) is 8.79. The molecule has 0 saturated heterocycles. The largest absolute Gasteiger partial charge is 0.340 e. The number of rotatable bonds is 5. The van der Waals surface area contributed by atoms with Gasteiger partial charge < -0.3 is 5.32 Å². The topological polar surface area (TPSA) is 59.1 Å². The van der Waals surface area contributed by atoms with Crippen molar-refractivity contribution in [3.05, 3.63) is 42.2 Å². The molecule has 4 nitrogen and oxygen atoms in total. The Kier molecular flexibility index (Phi) is 4.45. The van der Waals surface area contributed by atoms with Gasteiger partial charge in [0.05, 0.1) is 6.04 Å². The molecule has 1 amide bonds. The number of hydrogen-bond acceptors (Lipinski definition) is 3. The van der Waals surface area contributed by atoms with E-state index in [0.717, 1.165) is 10.8 Å². The van der Waals surface area contributed by atoms with Gasteiger partial charge in [-0.15, -0.1) is 0 Å². The maximum Gasteiger partial charge on any atom is 0.271 e. The zero-order chi connectivity index (χ0) is 14.5. The van der Waals surface area contributed by atoms with Crippen molar-refractivity contribution in [1.29, 1.82) is 0 Å². The number of carbonyl (C=O) groups excluding carboxylic acids is 2. The van der Waals surface area contributed by atoms with E-state index in [1.165, 1.54) is 0 Å². The number of aromatic nitrogens is 1. The molecule has 1 atom stereocenters. The minimum absolute atomic E-state index is 0.308. The minimum atomic E-state index is -0.594. The summed E-state index contributed by atoms with van der Waals surface area (Å²) in [4.78, 5) is 27.3. The van der Waals surface area contributed by atoms with E-state index >= 15 is 0 Å². The lowest BCUT2D eigenvalue weighted by Crippen LogP contribution is -2.37. The summed E-state index contributed by atoms with van der Waals surface area (Å²) in [5, 5.41) is 4.41. The quantitative estimate of drug-likeness (QED) is 0.907. The van der Waals surface area contributed by atoms with E-state index in [1.807, 2.05) is 50.5 Å². The van der Waals surface area contributed by atoms with Crippen LogP contribution in [0.15, 0.2) is 36.5 Å². The normalized spacial score (nSPS) is 12.3. The maximum absolute atomic E-state index is 12.3. The maximum atomic E-state index is 12.3. The van der Waals surface area contributed by atoms with E-state index in [0.29, 0.717) is 18.0 Å². The van der Waals surface area contributed by atoms with Crippen molar-refractivity contribution in [2.75, 3.05) is 0 Å². The Morgan fingerprint density at radius 1 is 1.30 bits per heavy atom. The zero-order valence-electron chi connectivity index (χ0n) is 11.6. The molecular formula is C16H17N2O2. The number of fused-ring (bicyclic) bond motifs is 1. The lowest BCUT2D eigenvalue weighted by molar-refractivity contribution is 0.0940. The fourth-order valence-corrected chi connectivity index (χ4v) is 2.14. The zero-order valence-corrected chi connectivity index (χ0v) is 11.6. The summed E-state index contributed by atoms with van der Waals surface area (Å²) in [5.41, 5.74) is 0.340. The molecular weight excluding hydrogens is 252 g/mol. The Morgan fingerprint density at radius 3 is 2.75 bits per heavy atom. The Morgan fingerprint density at radius 2 is 2.05 bits per heavy atom. The lowest BCUT2D eigenvalue weighted by atomic mass is 10.0. The molecule has 1 N–H and O–H groups in total. The van der Waals surface area contributed by atoms with Gasteiger partial charge in [0.1, 0.15) is 5.69 Å². The van der Waals surface area contributed by atoms with Crippen LogP contribution in [0.25, 0.3) is 10.8 Å². The average molecular weight is 269 g/mol. The molecule has 1 aromatic carbocycles. The molecule has 0 unspecified atom stereocenters.